The number of hydrogen-bond acceptors (Lipinski definition) is 5. The molecule has 26 heavy (non-hydrogen) atoms. The first-order chi connectivity index (χ1) is 12.5. The van der Waals surface area contributed by atoms with Crippen molar-refractivity contribution in [3.05, 3.63) is 46.8 Å². The van der Waals surface area contributed by atoms with Crippen molar-refractivity contribution in [3.63, 3.8) is 0 Å². The van der Waals surface area contributed by atoms with E-state index in [0.29, 0.717) is 31.7 Å². The number of aromatic nitrogens is 1. The molecule has 7 heteroatoms. The van der Waals surface area contributed by atoms with E-state index in [1.165, 1.54) is 0 Å². The van der Waals surface area contributed by atoms with E-state index in [4.69, 9.17) is 14.4 Å². The normalized spacial score (nSPS) is 10.5. The number of aryl methyl sites for hydroxylation is 2. The van der Waals surface area contributed by atoms with Gasteiger partial charge in [-0.2, -0.15) is 0 Å². The fourth-order valence-corrected chi connectivity index (χ4v) is 2.44. The monoisotopic (exact) mass is 360 g/mol. The maximum absolute atomic E-state index is 11.9. The van der Waals surface area contributed by atoms with Gasteiger partial charge in [-0.3, -0.25) is 9.59 Å². The van der Waals surface area contributed by atoms with E-state index in [1.54, 1.807) is 0 Å². The van der Waals surface area contributed by atoms with Gasteiger partial charge in [-0.05, 0) is 44.4 Å². The third-order valence-electron chi connectivity index (χ3n) is 3.99. The summed E-state index contributed by atoms with van der Waals surface area (Å²) < 4.78 is 10.8. The van der Waals surface area contributed by atoms with Gasteiger partial charge in [0.15, 0.2) is 0 Å². The largest absolute Gasteiger partial charge is 0.489 e. The Hall–Kier alpha value is -2.83. The Bertz CT molecular complexity index is 717. The van der Waals surface area contributed by atoms with Crippen LogP contribution in [-0.2, 0) is 22.6 Å². The van der Waals surface area contributed by atoms with Gasteiger partial charge in [-0.25, -0.2) is 0 Å². The minimum absolute atomic E-state index is 0.0790. The lowest BCUT2D eigenvalue weighted by atomic mass is 10.1. The van der Waals surface area contributed by atoms with E-state index in [-0.39, 0.29) is 18.7 Å². The number of carboxylic acids is 1. The molecule has 0 radical (unpaired) electrons. The number of hydrogen-bond donors (Lipinski definition) is 2. The summed E-state index contributed by atoms with van der Waals surface area (Å²) in [6.07, 6.45) is 1.63. The van der Waals surface area contributed by atoms with E-state index in [0.717, 1.165) is 22.6 Å². The Labute approximate surface area is 152 Å². The zero-order chi connectivity index (χ0) is 18.9. The molecule has 1 aromatic carbocycles. The average Bonchev–Trinajstić information content (AvgIpc) is 2.92. The number of amides is 1. The first-order valence-corrected chi connectivity index (χ1v) is 8.57. The predicted octanol–water partition coefficient (Wildman–Crippen LogP) is 2.78. The molecule has 2 rings (SSSR count). The first-order valence-electron chi connectivity index (χ1n) is 8.57. The quantitative estimate of drug-likeness (QED) is 0.632. The maximum Gasteiger partial charge on any atom is 0.303 e. The van der Waals surface area contributed by atoms with Gasteiger partial charge in [0, 0.05) is 13.0 Å². The summed E-state index contributed by atoms with van der Waals surface area (Å²) in [6.45, 7) is 4.60. The van der Waals surface area contributed by atoms with E-state index in [1.807, 2.05) is 38.1 Å². The molecule has 140 valence electrons. The van der Waals surface area contributed by atoms with Crippen molar-refractivity contribution in [2.45, 2.75) is 46.1 Å². The highest BCUT2D eigenvalue weighted by Crippen LogP contribution is 2.18. The molecule has 0 saturated heterocycles. The van der Waals surface area contributed by atoms with Crippen LogP contribution in [0.25, 0.3) is 0 Å². The summed E-state index contributed by atoms with van der Waals surface area (Å²) in [4.78, 5) is 22.3. The number of carbonyl (C=O) groups excluding carboxylic acids is 1. The molecule has 0 aliphatic heterocycles. The molecule has 2 aromatic rings. The van der Waals surface area contributed by atoms with E-state index < -0.39 is 5.97 Å². The van der Waals surface area contributed by atoms with Crippen LogP contribution in [0.4, 0.5) is 0 Å². The Morgan fingerprint density at radius 2 is 1.92 bits per heavy atom. The Morgan fingerprint density at radius 3 is 2.54 bits per heavy atom. The van der Waals surface area contributed by atoms with Crippen molar-refractivity contribution in [2.24, 2.45) is 0 Å². The minimum atomic E-state index is -0.812. The Morgan fingerprint density at radius 1 is 1.19 bits per heavy atom. The highest BCUT2D eigenvalue weighted by molar-refractivity contribution is 5.78. The summed E-state index contributed by atoms with van der Waals surface area (Å²) in [5.74, 6) is 0.569. The summed E-state index contributed by atoms with van der Waals surface area (Å²) in [5.41, 5.74) is 2.65. The number of nitrogens with zero attached hydrogens (tertiary/aromatic N) is 1. The number of benzene rings is 1. The molecule has 0 saturated carbocycles. The topological polar surface area (TPSA) is 102 Å². The van der Waals surface area contributed by atoms with E-state index in [2.05, 4.69) is 10.5 Å². The van der Waals surface area contributed by atoms with Crippen LogP contribution in [0, 0.1) is 13.8 Å². The molecule has 0 spiro atoms. The zero-order valence-electron chi connectivity index (χ0n) is 15.1. The fourth-order valence-electron chi connectivity index (χ4n) is 2.44. The van der Waals surface area contributed by atoms with Gasteiger partial charge in [-0.1, -0.05) is 17.3 Å². The summed E-state index contributed by atoms with van der Waals surface area (Å²) >= 11 is 0. The molecule has 0 aliphatic rings. The first kappa shape index (κ1) is 19.5. The third-order valence-corrected chi connectivity index (χ3v) is 3.99. The maximum atomic E-state index is 11.9. The van der Waals surface area contributed by atoms with Crippen molar-refractivity contribution >= 4 is 11.9 Å². The summed E-state index contributed by atoms with van der Waals surface area (Å²) in [7, 11) is 0. The van der Waals surface area contributed by atoms with Crippen LogP contribution >= 0.6 is 0 Å². The molecule has 1 heterocycles. The number of nitrogens with one attached hydrogen (secondary N) is 1. The van der Waals surface area contributed by atoms with Crippen LogP contribution in [0.3, 0.4) is 0 Å². The number of carbonyl (C=O) groups is 2. The SMILES string of the molecule is Cc1noc(C)c1COc1ccc(CC(=O)NCCCCC(=O)O)cc1. The molecule has 1 aromatic heterocycles. The molecule has 0 fully saturated rings. The lowest BCUT2D eigenvalue weighted by Crippen LogP contribution is -2.26. The van der Waals surface area contributed by atoms with Gasteiger partial charge in [0.1, 0.15) is 18.1 Å². The second kappa shape index (κ2) is 9.60. The number of carboxylic acid groups (broad SMARTS) is 1. The van der Waals surface area contributed by atoms with Crippen LogP contribution < -0.4 is 10.1 Å². The molecule has 0 atom stereocenters. The van der Waals surface area contributed by atoms with Gasteiger partial charge >= 0.3 is 5.97 Å². The van der Waals surface area contributed by atoms with Crippen LogP contribution in [0.15, 0.2) is 28.8 Å². The van der Waals surface area contributed by atoms with E-state index >= 15 is 0 Å². The number of rotatable bonds is 10. The smallest absolute Gasteiger partial charge is 0.303 e. The Balaban J connectivity index is 1.73. The molecule has 0 aliphatic carbocycles. The number of aliphatic carboxylic acids is 1. The van der Waals surface area contributed by atoms with Crippen molar-refractivity contribution in [2.75, 3.05) is 6.54 Å². The molecule has 1 amide bonds. The van der Waals surface area contributed by atoms with Crippen LogP contribution in [-0.4, -0.2) is 28.7 Å². The van der Waals surface area contributed by atoms with Crippen LogP contribution in [0.5, 0.6) is 5.75 Å². The van der Waals surface area contributed by atoms with Crippen LogP contribution in [0.1, 0.15) is 41.8 Å². The summed E-state index contributed by atoms with van der Waals surface area (Å²) in [5, 5.41) is 15.2. The third kappa shape index (κ3) is 6.23. The predicted molar refractivity (Wildman–Crippen MR) is 95.0 cm³/mol. The van der Waals surface area contributed by atoms with Gasteiger partial charge in [-0.15, -0.1) is 0 Å². The fraction of sp³-hybridized carbons (Fsp3) is 0.421. The second-order valence-corrected chi connectivity index (χ2v) is 6.11. The minimum Gasteiger partial charge on any atom is -0.489 e. The van der Waals surface area contributed by atoms with Gasteiger partial charge in [0.25, 0.3) is 0 Å². The van der Waals surface area contributed by atoms with Crippen molar-refractivity contribution < 1.29 is 24.0 Å². The van der Waals surface area contributed by atoms with Crippen molar-refractivity contribution in [3.8, 4) is 5.75 Å². The highest BCUT2D eigenvalue weighted by Gasteiger charge is 2.10. The molecular formula is C19H24N2O5. The van der Waals surface area contributed by atoms with Crippen molar-refractivity contribution in [1.29, 1.82) is 0 Å². The molecular weight excluding hydrogens is 336 g/mol. The zero-order valence-corrected chi connectivity index (χ0v) is 15.1. The molecule has 0 bridgehead atoms. The van der Waals surface area contributed by atoms with Gasteiger partial charge < -0.3 is 19.7 Å². The highest BCUT2D eigenvalue weighted by atomic mass is 16.5. The van der Waals surface area contributed by atoms with E-state index in [9.17, 15) is 9.59 Å². The second-order valence-electron chi connectivity index (χ2n) is 6.11. The van der Waals surface area contributed by atoms with Gasteiger partial charge in [0.05, 0.1) is 17.7 Å². The van der Waals surface area contributed by atoms with Crippen LogP contribution in [0.2, 0.25) is 0 Å². The molecule has 2 N–H and O–H groups in total. The van der Waals surface area contributed by atoms with Gasteiger partial charge in [0.2, 0.25) is 5.91 Å². The number of unbranched alkanes of at least 4 members (excludes halogenated alkanes) is 1. The molecule has 0 unspecified atom stereocenters. The molecule has 7 nitrogen and oxygen atoms in total. The average molecular weight is 360 g/mol. The van der Waals surface area contributed by atoms with Crippen molar-refractivity contribution in [1.82, 2.24) is 10.5 Å². The number of ether oxygens (including phenoxy) is 1. The lowest BCUT2D eigenvalue weighted by molar-refractivity contribution is -0.137. The standard InChI is InChI=1S/C19H24N2O5/c1-13-17(14(2)26-21-13)12-25-16-8-6-15(7-9-16)11-18(22)20-10-4-3-5-19(23)24/h6-9H,3-5,10-12H2,1-2H3,(H,20,22)(H,23,24). The lowest BCUT2D eigenvalue weighted by Gasteiger charge is -2.08. The Kier molecular flexibility index (Phi) is 7.20. The summed E-state index contributed by atoms with van der Waals surface area (Å²) in [6, 6.07) is 7.36.